The molecule has 1 aromatic rings. The van der Waals surface area contributed by atoms with Crippen LogP contribution in [0.4, 0.5) is 0 Å². The molecule has 0 aliphatic carbocycles. The number of hydrogen-bond donors (Lipinski definition) is 0. The standard InChI is InChI=1S/C12H12N2OS/c1-13-10(11(15)14(2)12(13)16)8-9-6-4-3-5-7-9/h3-8H,1-2H3. The van der Waals surface area contributed by atoms with Crippen molar-refractivity contribution in [2.45, 2.75) is 0 Å². The SMILES string of the molecule is CN1C(=O)C(=Cc2ccccc2)N(C)C1=S. The Bertz CT molecular complexity index is 467. The number of amides is 1. The van der Waals surface area contributed by atoms with E-state index < -0.39 is 0 Å². The van der Waals surface area contributed by atoms with E-state index in [0.717, 1.165) is 5.56 Å². The third kappa shape index (κ3) is 1.72. The molecular formula is C12H12N2OS. The lowest BCUT2D eigenvalue weighted by Gasteiger charge is -2.10. The number of likely N-dealkylation sites (N-methyl/N-ethyl adjacent to an activating group) is 2. The summed E-state index contributed by atoms with van der Waals surface area (Å²) in [6.45, 7) is 0. The maximum absolute atomic E-state index is 11.9. The highest BCUT2D eigenvalue weighted by molar-refractivity contribution is 7.80. The highest BCUT2D eigenvalue weighted by atomic mass is 32.1. The van der Waals surface area contributed by atoms with Crippen LogP contribution in [0.25, 0.3) is 6.08 Å². The van der Waals surface area contributed by atoms with E-state index in [0.29, 0.717) is 10.8 Å². The molecule has 0 radical (unpaired) electrons. The van der Waals surface area contributed by atoms with Gasteiger partial charge in [0.1, 0.15) is 5.70 Å². The number of thiocarbonyl (C=S) groups is 1. The van der Waals surface area contributed by atoms with Crippen molar-refractivity contribution >= 4 is 29.3 Å². The molecule has 4 heteroatoms. The fraction of sp³-hybridized carbons (Fsp3) is 0.167. The van der Waals surface area contributed by atoms with Crippen molar-refractivity contribution < 1.29 is 4.79 Å². The molecule has 1 saturated heterocycles. The smallest absolute Gasteiger partial charge is 0.276 e. The highest BCUT2D eigenvalue weighted by Crippen LogP contribution is 2.20. The first kappa shape index (κ1) is 10.8. The molecule has 1 heterocycles. The Morgan fingerprint density at radius 1 is 1.12 bits per heavy atom. The molecule has 3 nitrogen and oxygen atoms in total. The topological polar surface area (TPSA) is 23.6 Å². The molecule has 0 aromatic heterocycles. The van der Waals surface area contributed by atoms with Gasteiger partial charge in [-0.2, -0.15) is 0 Å². The zero-order chi connectivity index (χ0) is 11.7. The summed E-state index contributed by atoms with van der Waals surface area (Å²) in [5, 5.41) is 0.534. The minimum absolute atomic E-state index is 0.0589. The molecule has 0 bridgehead atoms. The van der Waals surface area contributed by atoms with Crippen LogP contribution in [-0.2, 0) is 4.79 Å². The predicted octanol–water partition coefficient (Wildman–Crippen LogP) is 1.72. The van der Waals surface area contributed by atoms with Crippen molar-refractivity contribution in [3.05, 3.63) is 41.6 Å². The Hall–Kier alpha value is -1.68. The van der Waals surface area contributed by atoms with Crippen LogP contribution in [0.1, 0.15) is 5.56 Å². The summed E-state index contributed by atoms with van der Waals surface area (Å²) in [5.41, 5.74) is 1.61. The van der Waals surface area contributed by atoms with Gasteiger partial charge >= 0.3 is 0 Å². The first-order valence-corrected chi connectivity index (χ1v) is 5.34. The Labute approximate surface area is 100.0 Å². The molecule has 1 amide bonds. The highest BCUT2D eigenvalue weighted by Gasteiger charge is 2.32. The Balaban J connectivity index is 2.39. The second-order valence-electron chi connectivity index (χ2n) is 3.65. The average Bonchev–Trinajstić information content (AvgIpc) is 2.48. The molecule has 0 N–H and O–H groups in total. The van der Waals surface area contributed by atoms with Crippen LogP contribution in [0.5, 0.6) is 0 Å². The monoisotopic (exact) mass is 232 g/mol. The normalized spacial score (nSPS) is 18.8. The van der Waals surface area contributed by atoms with Crippen molar-refractivity contribution in [2.24, 2.45) is 0 Å². The van der Waals surface area contributed by atoms with Crippen LogP contribution < -0.4 is 0 Å². The van der Waals surface area contributed by atoms with Gasteiger partial charge in [0.05, 0.1) is 0 Å². The summed E-state index contributed by atoms with van der Waals surface area (Å²) in [5.74, 6) is -0.0589. The van der Waals surface area contributed by atoms with Gasteiger partial charge in [0.25, 0.3) is 5.91 Å². The first-order valence-electron chi connectivity index (χ1n) is 4.94. The molecule has 0 unspecified atom stereocenters. The van der Waals surface area contributed by atoms with E-state index in [-0.39, 0.29) is 5.91 Å². The van der Waals surface area contributed by atoms with Gasteiger partial charge in [-0.1, -0.05) is 30.3 Å². The van der Waals surface area contributed by atoms with E-state index in [2.05, 4.69) is 0 Å². The number of nitrogens with zero attached hydrogens (tertiary/aromatic N) is 2. The van der Waals surface area contributed by atoms with Crippen molar-refractivity contribution in [1.29, 1.82) is 0 Å². The summed E-state index contributed by atoms with van der Waals surface area (Å²) >= 11 is 5.12. The van der Waals surface area contributed by atoms with Gasteiger partial charge < -0.3 is 4.90 Å². The average molecular weight is 232 g/mol. The van der Waals surface area contributed by atoms with Gasteiger partial charge in [-0.05, 0) is 23.9 Å². The first-order chi connectivity index (χ1) is 7.61. The van der Waals surface area contributed by atoms with Crippen molar-refractivity contribution in [3.8, 4) is 0 Å². The Morgan fingerprint density at radius 3 is 2.25 bits per heavy atom. The zero-order valence-electron chi connectivity index (χ0n) is 9.18. The van der Waals surface area contributed by atoms with Gasteiger partial charge in [-0.25, -0.2) is 0 Å². The minimum Gasteiger partial charge on any atom is -0.317 e. The lowest BCUT2D eigenvalue weighted by atomic mass is 10.2. The van der Waals surface area contributed by atoms with Crippen LogP contribution in [0.15, 0.2) is 36.0 Å². The van der Waals surface area contributed by atoms with Crippen LogP contribution in [0, 0.1) is 0 Å². The Morgan fingerprint density at radius 2 is 1.75 bits per heavy atom. The van der Waals surface area contributed by atoms with E-state index >= 15 is 0 Å². The summed E-state index contributed by atoms with van der Waals surface area (Å²) in [6, 6.07) is 9.73. The minimum atomic E-state index is -0.0589. The van der Waals surface area contributed by atoms with Crippen LogP contribution in [0.3, 0.4) is 0 Å². The van der Waals surface area contributed by atoms with Crippen molar-refractivity contribution in [3.63, 3.8) is 0 Å². The lowest BCUT2D eigenvalue weighted by Crippen LogP contribution is -2.26. The molecule has 0 saturated carbocycles. The number of carbonyl (C=O) groups excluding carboxylic acids is 1. The zero-order valence-corrected chi connectivity index (χ0v) is 9.99. The predicted molar refractivity (Wildman–Crippen MR) is 67.6 cm³/mol. The molecule has 1 aliphatic heterocycles. The van der Waals surface area contributed by atoms with Gasteiger partial charge in [0.2, 0.25) is 0 Å². The number of carbonyl (C=O) groups is 1. The molecule has 1 aliphatic rings. The van der Waals surface area contributed by atoms with Crippen molar-refractivity contribution in [2.75, 3.05) is 14.1 Å². The molecule has 1 aromatic carbocycles. The summed E-state index contributed by atoms with van der Waals surface area (Å²) in [4.78, 5) is 15.1. The van der Waals surface area contributed by atoms with E-state index in [1.165, 1.54) is 4.90 Å². The third-order valence-corrected chi connectivity index (χ3v) is 3.11. The van der Waals surface area contributed by atoms with Crippen LogP contribution in [-0.4, -0.2) is 34.9 Å². The maximum Gasteiger partial charge on any atom is 0.276 e. The molecule has 16 heavy (non-hydrogen) atoms. The second kappa shape index (κ2) is 4.06. The second-order valence-corrected chi connectivity index (χ2v) is 4.01. The van der Waals surface area contributed by atoms with Gasteiger partial charge in [-0.15, -0.1) is 0 Å². The fourth-order valence-corrected chi connectivity index (χ4v) is 1.78. The molecule has 82 valence electrons. The maximum atomic E-state index is 11.9. The van der Waals surface area contributed by atoms with E-state index in [9.17, 15) is 4.79 Å². The van der Waals surface area contributed by atoms with Gasteiger partial charge in [0.15, 0.2) is 5.11 Å². The van der Waals surface area contributed by atoms with Crippen LogP contribution >= 0.6 is 12.2 Å². The number of hydrogen-bond acceptors (Lipinski definition) is 2. The summed E-state index contributed by atoms with van der Waals surface area (Å²) in [6.07, 6.45) is 1.85. The van der Waals surface area contributed by atoms with E-state index in [1.54, 1.807) is 19.0 Å². The molecule has 2 rings (SSSR count). The van der Waals surface area contributed by atoms with E-state index in [4.69, 9.17) is 12.2 Å². The summed E-state index contributed by atoms with van der Waals surface area (Å²) < 4.78 is 0. The van der Waals surface area contributed by atoms with Gasteiger partial charge in [0, 0.05) is 14.1 Å². The van der Waals surface area contributed by atoms with Crippen LogP contribution in [0.2, 0.25) is 0 Å². The summed E-state index contributed by atoms with van der Waals surface area (Å²) in [7, 11) is 3.49. The molecular weight excluding hydrogens is 220 g/mol. The third-order valence-electron chi connectivity index (χ3n) is 2.56. The van der Waals surface area contributed by atoms with Crippen molar-refractivity contribution in [1.82, 2.24) is 9.80 Å². The lowest BCUT2D eigenvalue weighted by molar-refractivity contribution is -0.121. The largest absolute Gasteiger partial charge is 0.317 e. The quantitative estimate of drug-likeness (QED) is 0.544. The number of rotatable bonds is 1. The Kier molecular flexibility index (Phi) is 2.75. The molecule has 0 spiro atoms. The van der Waals surface area contributed by atoms with Gasteiger partial charge in [-0.3, -0.25) is 9.69 Å². The molecule has 1 fully saturated rings. The number of benzene rings is 1. The fourth-order valence-electron chi connectivity index (χ4n) is 1.60. The molecule has 0 atom stereocenters. The van der Waals surface area contributed by atoms with E-state index in [1.807, 2.05) is 36.4 Å².